The van der Waals surface area contributed by atoms with Crippen molar-refractivity contribution >= 4 is 21.6 Å². The molecule has 0 saturated heterocycles. The molecule has 0 amide bonds. The lowest BCUT2D eigenvalue weighted by Gasteiger charge is -2.28. The highest BCUT2D eigenvalue weighted by Gasteiger charge is 2.15. The Kier molecular flexibility index (Phi) is 3.66. The summed E-state index contributed by atoms with van der Waals surface area (Å²) in [5.41, 5.74) is 2.13. The first-order chi connectivity index (χ1) is 7.68. The highest BCUT2D eigenvalue weighted by molar-refractivity contribution is 9.10. The summed E-state index contributed by atoms with van der Waals surface area (Å²) in [6.07, 6.45) is 5.03. The molecule has 0 saturated carbocycles. The maximum atomic E-state index is 9.77. The zero-order chi connectivity index (χ0) is 11.5. The summed E-state index contributed by atoms with van der Waals surface area (Å²) < 4.78 is 1.06. The van der Waals surface area contributed by atoms with Crippen LogP contribution in [0.5, 0.6) is 0 Å². The molecular formula is C13H16BrNO. The Bertz CT molecular complexity index is 401. The Morgan fingerprint density at radius 3 is 2.81 bits per heavy atom. The normalized spacial score (nSPS) is 17.6. The Hall–Kier alpha value is -0.800. The molecule has 86 valence electrons. The van der Waals surface area contributed by atoms with E-state index < -0.39 is 6.10 Å². The van der Waals surface area contributed by atoms with Crippen molar-refractivity contribution in [1.82, 2.24) is 0 Å². The van der Waals surface area contributed by atoms with Crippen LogP contribution in [0.4, 0.5) is 5.69 Å². The molecule has 16 heavy (non-hydrogen) atoms. The number of rotatable bonds is 2. The molecule has 1 aromatic carbocycles. The number of nitrogens with zero attached hydrogens (tertiary/aromatic N) is 1. The van der Waals surface area contributed by atoms with Crippen LogP contribution in [-0.2, 0) is 0 Å². The quantitative estimate of drug-likeness (QED) is 0.841. The Morgan fingerprint density at radius 2 is 2.19 bits per heavy atom. The monoisotopic (exact) mass is 281 g/mol. The van der Waals surface area contributed by atoms with Crippen LogP contribution in [0.15, 0.2) is 34.8 Å². The van der Waals surface area contributed by atoms with Crippen LogP contribution in [0.25, 0.3) is 0 Å². The summed E-state index contributed by atoms with van der Waals surface area (Å²) in [5.74, 6) is 0. The lowest BCUT2D eigenvalue weighted by molar-refractivity contribution is 0.199. The second-order valence-corrected chi connectivity index (χ2v) is 5.00. The topological polar surface area (TPSA) is 23.5 Å². The van der Waals surface area contributed by atoms with E-state index in [0.717, 1.165) is 35.2 Å². The van der Waals surface area contributed by atoms with E-state index in [1.807, 2.05) is 19.1 Å². The predicted molar refractivity (Wildman–Crippen MR) is 70.7 cm³/mol. The van der Waals surface area contributed by atoms with Gasteiger partial charge in [0.25, 0.3) is 0 Å². The van der Waals surface area contributed by atoms with Crippen LogP contribution in [-0.4, -0.2) is 18.2 Å². The standard InChI is InChI=1S/C13H16BrNO/c1-10(16)12-6-5-11(14)9-13(12)15-7-3-2-4-8-15/h2-3,5-6,9-10,16H,4,7-8H2,1H3. The van der Waals surface area contributed by atoms with Gasteiger partial charge < -0.3 is 10.0 Å². The minimum absolute atomic E-state index is 0.422. The van der Waals surface area contributed by atoms with E-state index in [-0.39, 0.29) is 0 Å². The molecule has 0 aliphatic carbocycles. The maximum absolute atomic E-state index is 9.77. The van der Waals surface area contributed by atoms with E-state index in [2.05, 4.69) is 39.0 Å². The first-order valence-corrected chi connectivity index (χ1v) is 6.35. The van der Waals surface area contributed by atoms with Crippen molar-refractivity contribution in [3.8, 4) is 0 Å². The van der Waals surface area contributed by atoms with Crippen LogP contribution >= 0.6 is 15.9 Å². The summed E-state index contributed by atoms with van der Waals surface area (Å²) >= 11 is 3.49. The highest BCUT2D eigenvalue weighted by Crippen LogP contribution is 2.30. The molecule has 0 spiro atoms. The largest absolute Gasteiger partial charge is 0.389 e. The fourth-order valence-electron chi connectivity index (χ4n) is 2.00. The number of halogens is 1. The van der Waals surface area contributed by atoms with Gasteiger partial charge in [0, 0.05) is 28.8 Å². The summed E-state index contributed by atoms with van der Waals surface area (Å²) in [4.78, 5) is 2.30. The fraction of sp³-hybridized carbons (Fsp3) is 0.385. The summed E-state index contributed by atoms with van der Waals surface area (Å²) in [5, 5.41) is 9.77. The lowest BCUT2D eigenvalue weighted by Crippen LogP contribution is -2.28. The van der Waals surface area contributed by atoms with Crippen LogP contribution < -0.4 is 4.90 Å². The number of aliphatic hydroxyl groups is 1. The molecular weight excluding hydrogens is 266 g/mol. The summed E-state index contributed by atoms with van der Waals surface area (Å²) in [6, 6.07) is 6.05. The molecule has 0 fully saturated rings. The van der Waals surface area contributed by atoms with Gasteiger partial charge in [0.15, 0.2) is 0 Å². The first-order valence-electron chi connectivity index (χ1n) is 5.56. The number of anilines is 1. The minimum atomic E-state index is -0.422. The van der Waals surface area contributed by atoms with E-state index in [4.69, 9.17) is 0 Å². The van der Waals surface area contributed by atoms with E-state index in [1.54, 1.807) is 0 Å². The van der Waals surface area contributed by atoms with E-state index in [1.165, 1.54) is 0 Å². The van der Waals surface area contributed by atoms with Crippen molar-refractivity contribution in [1.29, 1.82) is 0 Å². The van der Waals surface area contributed by atoms with Crippen LogP contribution in [0.3, 0.4) is 0 Å². The van der Waals surface area contributed by atoms with Crippen molar-refractivity contribution in [3.63, 3.8) is 0 Å². The van der Waals surface area contributed by atoms with Gasteiger partial charge in [0.05, 0.1) is 6.10 Å². The third-order valence-electron chi connectivity index (χ3n) is 2.84. The number of hydrogen-bond donors (Lipinski definition) is 1. The molecule has 1 N–H and O–H groups in total. The second-order valence-electron chi connectivity index (χ2n) is 4.09. The molecule has 1 atom stereocenters. The smallest absolute Gasteiger partial charge is 0.0782 e. The third-order valence-corrected chi connectivity index (χ3v) is 3.33. The van der Waals surface area contributed by atoms with Gasteiger partial charge >= 0.3 is 0 Å². The van der Waals surface area contributed by atoms with Gasteiger partial charge in [-0.1, -0.05) is 34.1 Å². The highest BCUT2D eigenvalue weighted by atomic mass is 79.9. The zero-order valence-corrected chi connectivity index (χ0v) is 10.9. The van der Waals surface area contributed by atoms with Crippen molar-refractivity contribution in [2.75, 3.05) is 18.0 Å². The number of benzene rings is 1. The van der Waals surface area contributed by atoms with Gasteiger partial charge in [-0.2, -0.15) is 0 Å². The Balaban J connectivity index is 2.36. The van der Waals surface area contributed by atoms with Gasteiger partial charge in [-0.15, -0.1) is 0 Å². The molecule has 0 radical (unpaired) electrons. The third kappa shape index (κ3) is 2.47. The molecule has 1 aromatic rings. The molecule has 1 aliphatic rings. The van der Waals surface area contributed by atoms with Gasteiger partial charge in [0.2, 0.25) is 0 Å². The molecule has 0 aromatic heterocycles. The van der Waals surface area contributed by atoms with Crippen molar-refractivity contribution < 1.29 is 5.11 Å². The SMILES string of the molecule is CC(O)c1ccc(Br)cc1N1CC=CCC1. The number of hydrogen-bond acceptors (Lipinski definition) is 2. The zero-order valence-electron chi connectivity index (χ0n) is 9.36. The number of aliphatic hydroxyl groups excluding tert-OH is 1. The lowest BCUT2D eigenvalue weighted by atomic mass is 10.1. The molecule has 3 heteroatoms. The molecule has 0 bridgehead atoms. The van der Waals surface area contributed by atoms with E-state index in [0.29, 0.717) is 0 Å². The van der Waals surface area contributed by atoms with Crippen molar-refractivity contribution in [2.24, 2.45) is 0 Å². The minimum Gasteiger partial charge on any atom is -0.389 e. The summed E-state index contributed by atoms with van der Waals surface area (Å²) in [7, 11) is 0. The van der Waals surface area contributed by atoms with E-state index in [9.17, 15) is 5.11 Å². The second kappa shape index (κ2) is 5.02. The van der Waals surface area contributed by atoms with Crippen LogP contribution in [0.1, 0.15) is 25.0 Å². The fourth-order valence-corrected chi connectivity index (χ4v) is 2.35. The van der Waals surface area contributed by atoms with Crippen LogP contribution in [0, 0.1) is 0 Å². The van der Waals surface area contributed by atoms with Crippen molar-refractivity contribution in [3.05, 3.63) is 40.4 Å². The van der Waals surface area contributed by atoms with E-state index >= 15 is 0 Å². The molecule has 2 nitrogen and oxygen atoms in total. The maximum Gasteiger partial charge on any atom is 0.0782 e. The predicted octanol–water partition coefficient (Wildman–Crippen LogP) is 3.27. The van der Waals surface area contributed by atoms with Crippen molar-refractivity contribution in [2.45, 2.75) is 19.4 Å². The summed E-state index contributed by atoms with van der Waals surface area (Å²) in [6.45, 7) is 3.76. The Labute approximate surface area is 105 Å². The van der Waals surface area contributed by atoms with Gasteiger partial charge in [0.1, 0.15) is 0 Å². The average molecular weight is 282 g/mol. The first kappa shape index (κ1) is 11.7. The van der Waals surface area contributed by atoms with Gasteiger partial charge in [-0.05, 0) is 25.5 Å². The molecule has 1 heterocycles. The molecule has 2 rings (SSSR count). The van der Waals surface area contributed by atoms with Gasteiger partial charge in [-0.3, -0.25) is 0 Å². The Morgan fingerprint density at radius 1 is 1.38 bits per heavy atom. The van der Waals surface area contributed by atoms with Gasteiger partial charge in [-0.25, -0.2) is 0 Å². The van der Waals surface area contributed by atoms with Crippen LogP contribution in [0.2, 0.25) is 0 Å². The molecule has 1 unspecified atom stereocenters. The average Bonchev–Trinajstić information content (AvgIpc) is 2.29. The molecule has 1 aliphatic heterocycles.